The molecule has 0 heterocycles. The maximum atomic E-state index is 11.4. The lowest BCUT2D eigenvalue weighted by molar-refractivity contribution is -0.384. The highest BCUT2D eigenvalue weighted by Gasteiger charge is 2.10. The fourth-order valence-electron chi connectivity index (χ4n) is 1.31. The maximum Gasteiger partial charge on any atom is 0.269 e. The van der Waals surface area contributed by atoms with E-state index < -0.39 is 14.9 Å². The van der Waals surface area contributed by atoms with E-state index in [1.54, 1.807) is 13.0 Å². The Morgan fingerprint density at radius 3 is 2.71 bits per heavy atom. The molecule has 0 saturated carbocycles. The molecule has 1 aromatic rings. The maximum absolute atomic E-state index is 11.4. The summed E-state index contributed by atoms with van der Waals surface area (Å²) in [6, 6.07) is 5.89. The van der Waals surface area contributed by atoms with Crippen LogP contribution in [-0.4, -0.2) is 19.1 Å². The van der Waals surface area contributed by atoms with Crippen molar-refractivity contribution in [3.63, 3.8) is 0 Å². The van der Waals surface area contributed by atoms with Crippen LogP contribution in [0.2, 0.25) is 0 Å². The average molecular weight is 258 g/mol. The van der Waals surface area contributed by atoms with Crippen LogP contribution in [0.3, 0.4) is 0 Å². The molecule has 0 aromatic heterocycles. The van der Waals surface area contributed by atoms with Gasteiger partial charge in [0.2, 0.25) is 10.0 Å². The number of nitro groups is 1. The van der Waals surface area contributed by atoms with Crippen molar-refractivity contribution in [3.05, 3.63) is 39.9 Å². The summed E-state index contributed by atoms with van der Waals surface area (Å²) >= 11 is 0. The van der Waals surface area contributed by atoms with Crippen molar-refractivity contribution in [2.45, 2.75) is 19.9 Å². The Kier molecular flexibility index (Phi) is 4.59. The largest absolute Gasteiger partial charge is 0.269 e. The molecule has 17 heavy (non-hydrogen) atoms. The standard InChI is InChI=1S/C10H14N2O4S/c1-2-6-17(15,16)11-8-9-4-3-5-10(7-9)12(13)14/h3-5,7,11H,2,6,8H2,1H3. The van der Waals surface area contributed by atoms with E-state index in [1.807, 2.05) is 0 Å². The molecular weight excluding hydrogens is 244 g/mol. The van der Waals surface area contributed by atoms with Crippen LogP contribution in [-0.2, 0) is 16.6 Å². The minimum Gasteiger partial charge on any atom is -0.258 e. The van der Waals surface area contributed by atoms with Gasteiger partial charge in [0.1, 0.15) is 0 Å². The predicted molar refractivity (Wildman–Crippen MR) is 64.0 cm³/mol. The molecule has 94 valence electrons. The highest BCUT2D eigenvalue weighted by molar-refractivity contribution is 7.89. The van der Waals surface area contributed by atoms with E-state index >= 15 is 0 Å². The Morgan fingerprint density at radius 1 is 1.41 bits per heavy atom. The van der Waals surface area contributed by atoms with Crippen LogP contribution in [0.1, 0.15) is 18.9 Å². The third-order valence-corrected chi connectivity index (χ3v) is 3.62. The van der Waals surface area contributed by atoms with Crippen LogP contribution in [0.15, 0.2) is 24.3 Å². The summed E-state index contributed by atoms with van der Waals surface area (Å²) in [7, 11) is -3.28. The van der Waals surface area contributed by atoms with Crippen molar-refractivity contribution in [3.8, 4) is 0 Å². The highest BCUT2D eigenvalue weighted by atomic mass is 32.2. The quantitative estimate of drug-likeness (QED) is 0.617. The molecule has 0 amide bonds. The Labute approximate surface area is 99.9 Å². The Balaban J connectivity index is 2.70. The first-order chi connectivity index (χ1) is 7.94. The van der Waals surface area contributed by atoms with Crippen LogP contribution in [0.5, 0.6) is 0 Å². The Bertz CT molecular complexity index is 499. The number of sulfonamides is 1. The van der Waals surface area contributed by atoms with E-state index in [4.69, 9.17) is 0 Å². The van der Waals surface area contributed by atoms with Crippen molar-refractivity contribution in [1.29, 1.82) is 0 Å². The van der Waals surface area contributed by atoms with E-state index in [0.717, 1.165) is 0 Å². The second-order valence-corrected chi connectivity index (χ2v) is 5.49. The summed E-state index contributed by atoms with van der Waals surface area (Å²) in [6.07, 6.45) is 0.532. The average Bonchev–Trinajstić information content (AvgIpc) is 2.27. The number of benzene rings is 1. The number of hydrogen-bond acceptors (Lipinski definition) is 4. The fourth-order valence-corrected chi connectivity index (χ4v) is 2.38. The van der Waals surface area contributed by atoms with Gasteiger partial charge in [0, 0.05) is 18.7 Å². The summed E-state index contributed by atoms with van der Waals surface area (Å²) in [4.78, 5) is 10.0. The fraction of sp³-hybridized carbons (Fsp3) is 0.400. The molecule has 0 aliphatic heterocycles. The van der Waals surface area contributed by atoms with Crippen molar-refractivity contribution < 1.29 is 13.3 Å². The van der Waals surface area contributed by atoms with Gasteiger partial charge in [0.05, 0.1) is 10.7 Å². The van der Waals surface area contributed by atoms with Gasteiger partial charge in [-0.05, 0) is 12.0 Å². The number of non-ortho nitro benzene ring substituents is 1. The minimum absolute atomic E-state index is 0.0443. The molecular formula is C10H14N2O4S. The predicted octanol–water partition coefficient (Wildman–Crippen LogP) is 1.42. The van der Waals surface area contributed by atoms with Crippen LogP contribution >= 0.6 is 0 Å². The molecule has 7 heteroatoms. The van der Waals surface area contributed by atoms with E-state index in [1.165, 1.54) is 18.2 Å². The van der Waals surface area contributed by atoms with Crippen molar-refractivity contribution in [2.24, 2.45) is 0 Å². The van der Waals surface area contributed by atoms with Crippen LogP contribution in [0.4, 0.5) is 5.69 Å². The third kappa shape index (κ3) is 4.49. The van der Waals surface area contributed by atoms with Crippen LogP contribution in [0, 0.1) is 10.1 Å². The molecule has 0 spiro atoms. The zero-order chi connectivity index (χ0) is 12.9. The van der Waals surface area contributed by atoms with Crippen LogP contribution < -0.4 is 4.72 Å². The number of hydrogen-bond donors (Lipinski definition) is 1. The molecule has 0 atom stereocenters. The van der Waals surface area contributed by atoms with E-state index in [9.17, 15) is 18.5 Å². The van der Waals surface area contributed by atoms with E-state index in [-0.39, 0.29) is 18.0 Å². The lowest BCUT2D eigenvalue weighted by Crippen LogP contribution is -2.25. The van der Waals surface area contributed by atoms with Crippen molar-refractivity contribution in [2.75, 3.05) is 5.75 Å². The molecule has 0 aliphatic carbocycles. The van der Waals surface area contributed by atoms with Gasteiger partial charge < -0.3 is 0 Å². The molecule has 0 fully saturated rings. The van der Waals surface area contributed by atoms with E-state index in [2.05, 4.69) is 4.72 Å². The number of nitrogens with one attached hydrogen (secondary N) is 1. The smallest absolute Gasteiger partial charge is 0.258 e. The zero-order valence-corrected chi connectivity index (χ0v) is 10.2. The zero-order valence-electron chi connectivity index (χ0n) is 9.42. The molecule has 0 radical (unpaired) electrons. The Hall–Kier alpha value is -1.47. The first kappa shape index (κ1) is 13.6. The van der Waals surface area contributed by atoms with Crippen molar-refractivity contribution >= 4 is 15.7 Å². The molecule has 0 bridgehead atoms. The molecule has 1 rings (SSSR count). The summed E-state index contributed by atoms with van der Waals surface area (Å²) < 4.78 is 25.1. The van der Waals surface area contributed by atoms with E-state index in [0.29, 0.717) is 12.0 Å². The molecule has 1 N–H and O–H groups in total. The van der Waals surface area contributed by atoms with Gasteiger partial charge in [0.15, 0.2) is 0 Å². The topological polar surface area (TPSA) is 89.3 Å². The SMILES string of the molecule is CCCS(=O)(=O)NCc1cccc([N+](=O)[O-])c1. The van der Waals surface area contributed by atoms with Gasteiger partial charge in [-0.2, -0.15) is 0 Å². The summed E-state index contributed by atoms with van der Waals surface area (Å²) in [5, 5.41) is 10.5. The first-order valence-corrected chi connectivity index (χ1v) is 6.80. The molecule has 6 nitrogen and oxygen atoms in total. The van der Waals surface area contributed by atoms with Crippen LogP contribution in [0.25, 0.3) is 0 Å². The minimum atomic E-state index is -3.28. The number of rotatable bonds is 6. The summed E-state index contributed by atoms with van der Waals surface area (Å²) in [5.74, 6) is 0.0575. The lowest BCUT2D eigenvalue weighted by Gasteiger charge is -2.05. The number of nitro benzene ring substituents is 1. The second-order valence-electron chi connectivity index (χ2n) is 3.57. The van der Waals surface area contributed by atoms with Gasteiger partial charge in [-0.25, -0.2) is 13.1 Å². The van der Waals surface area contributed by atoms with Gasteiger partial charge in [0.25, 0.3) is 5.69 Å². The molecule has 0 saturated heterocycles. The van der Waals surface area contributed by atoms with Crippen molar-refractivity contribution in [1.82, 2.24) is 4.72 Å². The number of nitrogens with zero attached hydrogens (tertiary/aromatic N) is 1. The monoisotopic (exact) mass is 258 g/mol. The third-order valence-electron chi connectivity index (χ3n) is 2.09. The molecule has 0 unspecified atom stereocenters. The van der Waals surface area contributed by atoms with Gasteiger partial charge >= 0.3 is 0 Å². The second kappa shape index (κ2) is 5.74. The van der Waals surface area contributed by atoms with Gasteiger partial charge in [-0.1, -0.05) is 19.1 Å². The first-order valence-electron chi connectivity index (χ1n) is 5.15. The van der Waals surface area contributed by atoms with Gasteiger partial charge in [-0.15, -0.1) is 0 Å². The Morgan fingerprint density at radius 2 is 2.12 bits per heavy atom. The summed E-state index contributed by atoms with van der Waals surface area (Å²) in [6.45, 7) is 1.84. The lowest BCUT2D eigenvalue weighted by atomic mass is 10.2. The molecule has 1 aromatic carbocycles. The summed E-state index contributed by atoms with van der Waals surface area (Å²) in [5.41, 5.74) is 0.524. The normalized spacial score (nSPS) is 11.4. The highest BCUT2D eigenvalue weighted by Crippen LogP contribution is 2.12. The van der Waals surface area contributed by atoms with Gasteiger partial charge in [-0.3, -0.25) is 10.1 Å². The molecule has 0 aliphatic rings.